The van der Waals surface area contributed by atoms with E-state index in [2.05, 4.69) is 5.32 Å². The van der Waals surface area contributed by atoms with Crippen LogP contribution in [0.3, 0.4) is 0 Å². The van der Waals surface area contributed by atoms with Crippen LogP contribution >= 0.6 is 11.8 Å². The Labute approximate surface area is 225 Å². The Bertz CT molecular complexity index is 1160. The maximum absolute atomic E-state index is 13.8. The van der Waals surface area contributed by atoms with Gasteiger partial charge in [0.05, 0.1) is 12.3 Å². The summed E-state index contributed by atoms with van der Waals surface area (Å²) in [7, 11) is 0. The summed E-state index contributed by atoms with van der Waals surface area (Å²) in [6.07, 6.45) is -4.86. The van der Waals surface area contributed by atoms with Gasteiger partial charge in [0.15, 0.2) is 0 Å². The van der Waals surface area contributed by atoms with Gasteiger partial charge in [-0.3, -0.25) is 14.4 Å². The molecule has 14 heteroatoms. The lowest BCUT2D eigenvalue weighted by Gasteiger charge is -2.24. The third-order valence-corrected chi connectivity index (χ3v) is 6.48. The third kappa shape index (κ3) is 10.6. The monoisotopic (exact) mass is 573 g/mol. The molecule has 0 spiro atoms. The molecule has 5 N–H and O–H groups in total. The van der Waals surface area contributed by atoms with E-state index in [-0.39, 0.29) is 43.4 Å². The van der Waals surface area contributed by atoms with E-state index in [0.29, 0.717) is 22.8 Å². The first-order valence-corrected chi connectivity index (χ1v) is 12.7. The van der Waals surface area contributed by atoms with Gasteiger partial charge in [0.1, 0.15) is 11.9 Å². The number of amides is 2. The number of rotatable bonds is 9. The summed E-state index contributed by atoms with van der Waals surface area (Å²) < 4.78 is 45.6. The van der Waals surface area contributed by atoms with Crippen LogP contribution < -0.4 is 11.1 Å². The second-order valence-electron chi connectivity index (χ2n) is 8.55. The van der Waals surface area contributed by atoms with Crippen molar-refractivity contribution in [3.05, 3.63) is 71.0 Å². The van der Waals surface area contributed by atoms with Gasteiger partial charge in [-0.15, -0.1) is 11.8 Å². The smallest absolute Gasteiger partial charge is 0.481 e. The van der Waals surface area contributed by atoms with Gasteiger partial charge < -0.3 is 26.2 Å². The highest BCUT2D eigenvalue weighted by molar-refractivity contribution is 7.99. The largest absolute Gasteiger partial charge is 0.490 e. The highest BCUT2D eigenvalue weighted by Gasteiger charge is 2.38. The van der Waals surface area contributed by atoms with Crippen molar-refractivity contribution in [1.82, 2.24) is 10.2 Å². The van der Waals surface area contributed by atoms with Gasteiger partial charge >= 0.3 is 18.1 Å². The first-order valence-electron chi connectivity index (χ1n) is 11.5. The van der Waals surface area contributed by atoms with Crippen LogP contribution in [-0.4, -0.2) is 68.8 Å². The molecule has 0 saturated carbocycles. The molecule has 2 amide bonds. The van der Waals surface area contributed by atoms with Crippen molar-refractivity contribution < 1.29 is 47.0 Å². The number of benzene rings is 2. The predicted molar refractivity (Wildman–Crippen MR) is 134 cm³/mol. The lowest BCUT2D eigenvalue weighted by molar-refractivity contribution is -0.192. The summed E-state index contributed by atoms with van der Waals surface area (Å²) in [6.45, 7) is 0.280. The SMILES string of the molecule is NC(CC(=O)N1CSC[C@H]1C(=O)NCc1ccc(CC(=O)O)cc1)Cc1ccccc1F.O=C(O)C(F)(F)F. The molecule has 3 rings (SSSR count). The molecule has 2 aromatic rings. The molecule has 1 fully saturated rings. The lowest BCUT2D eigenvalue weighted by Crippen LogP contribution is -2.48. The lowest BCUT2D eigenvalue weighted by atomic mass is 10.0. The second kappa shape index (κ2) is 14.5. The first-order chi connectivity index (χ1) is 18.3. The molecule has 0 aliphatic carbocycles. The zero-order valence-electron chi connectivity index (χ0n) is 20.5. The van der Waals surface area contributed by atoms with Gasteiger partial charge in [-0.05, 0) is 29.2 Å². The van der Waals surface area contributed by atoms with Gasteiger partial charge in [-0.1, -0.05) is 42.5 Å². The van der Waals surface area contributed by atoms with Crippen LogP contribution in [0.25, 0.3) is 0 Å². The fraction of sp³-hybridized carbons (Fsp3) is 0.360. The summed E-state index contributed by atoms with van der Waals surface area (Å²) in [6, 6.07) is 12.2. The van der Waals surface area contributed by atoms with Crippen LogP contribution in [0.15, 0.2) is 48.5 Å². The highest BCUT2D eigenvalue weighted by atomic mass is 32.2. The Morgan fingerprint density at radius 1 is 1.05 bits per heavy atom. The Kier molecular flexibility index (Phi) is 11.7. The summed E-state index contributed by atoms with van der Waals surface area (Å²) in [4.78, 5) is 46.6. The van der Waals surface area contributed by atoms with E-state index in [0.717, 1.165) is 5.56 Å². The van der Waals surface area contributed by atoms with Crippen molar-refractivity contribution >= 4 is 35.5 Å². The molecule has 2 aromatic carbocycles. The van der Waals surface area contributed by atoms with Gasteiger partial charge in [-0.25, -0.2) is 9.18 Å². The number of aliphatic carboxylic acids is 2. The number of thioether (sulfide) groups is 1. The minimum atomic E-state index is -5.08. The van der Waals surface area contributed by atoms with Crippen LogP contribution in [0.1, 0.15) is 23.1 Å². The van der Waals surface area contributed by atoms with Crippen molar-refractivity contribution in [2.45, 2.75) is 44.1 Å². The summed E-state index contributed by atoms with van der Waals surface area (Å²) in [5.74, 6) is -3.57. The molecule has 1 aliphatic rings. The molecule has 2 atom stereocenters. The molecular formula is C25H27F4N3O6S. The van der Waals surface area contributed by atoms with E-state index in [1.54, 1.807) is 42.5 Å². The Hall–Kier alpha value is -3.65. The predicted octanol–water partition coefficient (Wildman–Crippen LogP) is 2.56. The number of carboxylic acid groups (broad SMARTS) is 2. The number of carboxylic acids is 2. The van der Waals surface area contributed by atoms with Crippen LogP contribution in [0.2, 0.25) is 0 Å². The Morgan fingerprint density at radius 2 is 1.64 bits per heavy atom. The normalized spacial score (nSPS) is 15.6. The molecule has 39 heavy (non-hydrogen) atoms. The van der Waals surface area contributed by atoms with Gasteiger partial charge in [0.2, 0.25) is 11.8 Å². The number of nitrogens with one attached hydrogen (secondary N) is 1. The number of carbonyl (C=O) groups is 4. The quantitative estimate of drug-likeness (QED) is 0.335. The second-order valence-corrected chi connectivity index (χ2v) is 9.55. The number of hydrogen-bond acceptors (Lipinski definition) is 6. The number of alkyl halides is 3. The van der Waals surface area contributed by atoms with Crippen molar-refractivity contribution in [2.24, 2.45) is 5.73 Å². The maximum atomic E-state index is 13.8. The maximum Gasteiger partial charge on any atom is 0.490 e. The first kappa shape index (κ1) is 31.6. The molecule has 212 valence electrons. The molecule has 0 radical (unpaired) electrons. The van der Waals surface area contributed by atoms with Crippen LogP contribution in [0, 0.1) is 5.82 Å². The minimum absolute atomic E-state index is 0.0315. The summed E-state index contributed by atoms with van der Waals surface area (Å²) in [5, 5.41) is 18.8. The number of nitrogens with two attached hydrogens (primary N) is 1. The Morgan fingerprint density at radius 3 is 2.21 bits per heavy atom. The van der Waals surface area contributed by atoms with E-state index in [4.69, 9.17) is 20.7 Å². The molecule has 9 nitrogen and oxygen atoms in total. The molecule has 1 aliphatic heterocycles. The van der Waals surface area contributed by atoms with Crippen LogP contribution in [0.4, 0.5) is 17.6 Å². The van der Waals surface area contributed by atoms with E-state index in [1.165, 1.54) is 22.7 Å². The zero-order valence-corrected chi connectivity index (χ0v) is 21.3. The number of hydrogen-bond donors (Lipinski definition) is 4. The summed E-state index contributed by atoms with van der Waals surface area (Å²) in [5.41, 5.74) is 8.07. The average Bonchev–Trinajstić information content (AvgIpc) is 3.35. The fourth-order valence-electron chi connectivity index (χ4n) is 3.52. The van der Waals surface area contributed by atoms with Crippen molar-refractivity contribution in [3.63, 3.8) is 0 Å². The average molecular weight is 574 g/mol. The zero-order chi connectivity index (χ0) is 29.2. The molecule has 1 unspecified atom stereocenters. The van der Waals surface area contributed by atoms with Gasteiger partial charge in [0.25, 0.3) is 0 Å². The van der Waals surface area contributed by atoms with Gasteiger partial charge in [-0.2, -0.15) is 13.2 Å². The molecule has 0 bridgehead atoms. The third-order valence-electron chi connectivity index (χ3n) is 5.47. The highest BCUT2D eigenvalue weighted by Crippen LogP contribution is 2.23. The van der Waals surface area contributed by atoms with Crippen molar-refractivity contribution in [2.75, 3.05) is 11.6 Å². The topological polar surface area (TPSA) is 150 Å². The van der Waals surface area contributed by atoms with E-state index in [9.17, 15) is 31.9 Å². The van der Waals surface area contributed by atoms with Crippen LogP contribution in [-0.2, 0) is 38.6 Å². The van der Waals surface area contributed by atoms with Crippen molar-refractivity contribution in [1.29, 1.82) is 0 Å². The van der Waals surface area contributed by atoms with Crippen molar-refractivity contribution in [3.8, 4) is 0 Å². The van der Waals surface area contributed by atoms with Crippen LogP contribution in [0.5, 0.6) is 0 Å². The molecular weight excluding hydrogens is 546 g/mol. The standard InChI is InChI=1S/C23H26FN3O4S.C2HF3O2/c24-19-4-2-1-3-17(19)10-18(25)11-21(28)27-14-32-13-20(27)23(31)26-12-16-7-5-15(6-8-16)9-22(29)30;3-2(4,5)1(6)7/h1-8,18,20H,9-14,25H2,(H,26,31)(H,29,30);(H,6,7)/t18?,20-;/m0./s1. The number of nitrogens with zero attached hydrogens (tertiary/aromatic N) is 1. The fourth-order valence-corrected chi connectivity index (χ4v) is 4.70. The number of carbonyl (C=O) groups excluding carboxylic acids is 2. The van der Waals surface area contributed by atoms with E-state index in [1.807, 2.05) is 0 Å². The van der Waals surface area contributed by atoms with Gasteiger partial charge in [0, 0.05) is 24.8 Å². The van der Waals surface area contributed by atoms with E-state index < -0.39 is 30.2 Å². The Balaban J connectivity index is 0.000000673. The number of halogens is 4. The molecule has 1 heterocycles. The molecule has 0 aromatic heterocycles. The van der Waals surface area contributed by atoms with E-state index >= 15 is 0 Å². The minimum Gasteiger partial charge on any atom is -0.481 e. The summed E-state index contributed by atoms with van der Waals surface area (Å²) >= 11 is 1.50. The molecule has 1 saturated heterocycles.